The first-order valence-corrected chi connectivity index (χ1v) is 6.81. The molecule has 3 nitrogen and oxygen atoms in total. The normalized spacial score (nSPS) is 14.9. The number of carbonyl (C=O) groups is 1. The fourth-order valence-electron chi connectivity index (χ4n) is 2.10. The van der Waals surface area contributed by atoms with Crippen molar-refractivity contribution in [2.24, 2.45) is 11.7 Å². The molecule has 3 heteroatoms. The Hall–Kier alpha value is -1.77. The molecule has 0 atom stereocenters. The van der Waals surface area contributed by atoms with E-state index in [1.54, 1.807) is 0 Å². The second-order valence-electron chi connectivity index (χ2n) is 4.73. The van der Waals surface area contributed by atoms with Crippen molar-refractivity contribution in [3.63, 3.8) is 0 Å². The van der Waals surface area contributed by atoms with Crippen LogP contribution in [0.5, 0.6) is 0 Å². The van der Waals surface area contributed by atoms with Gasteiger partial charge in [0.25, 0.3) is 0 Å². The van der Waals surface area contributed by atoms with Crippen molar-refractivity contribution in [3.05, 3.63) is 48.6 Å². The molecule has 1 aliphatic rings. The zero-order valence-electron chi connectivity index (χ0n) is 11.4. The number of amides is 1. The van der Waals surface area contributed by atoms with Gasteiger partial charge in [-0.05, 0) is 24.3 Å². The van der Waals surface area contributed by atoms with Gasteiger partial charge in [0.1, 0.15) is 6.61 Å². The van der Waals surface area contributed by atoms with Gasteiger partial charge in [0.05, 0.1) is 0 Å². The average molecular weight is 261 g/mol. The maximum absolute atomic E-state index is 10.2. The Kier molecular flexibility index (Phi) is 7.40. The highest BCUT2D eigenvalue weighted by molar-refractivity contribution is 5.64. The van der Waals surface area contributed by atoms with E-state index < -0.39 is 6.09 Å². The Morgan fingerprint density at radius 3 is 2.37 bits per heavy atom. The number of nitrogens with two attached hydrogens (primary N) is 1. The molecular formula is C16H23NO2. The number of carbonyl (C=O) groups excluding carboxylic acids is 1. The lowest BCUT2D eigenvalue weighted by Gasteiger charge is -2.16. The van der Waals surface area contributed by atoms with Crippen LogP contribution in [0.1, 0.15) is 37.7 Å². The molecule has 0 spiro atoms. The summed E-state index contributed by atoms with van der Waals surface area (Å²) in [6.45, 7) is 4.03. The van der Waals surface area contributed by atoms with Crippen LogP contribution in [-0.2, 0) is 11.3 Å². The van der Waals surface area contributed by atoms with E-state index in [1.165, 1.54) is 32.1 Å². The Labute approximate surface area is 115 Å². The molecule has 1 saturated carbocycles. The molecule has 1 fully saturated rings. The number of ether oxygens (including phenoxy) is 1. The third-order valence-corrected chi connectivity index (χ3v) is 3.21. The second kappa shape index (κ2) is 9.20. The van der Waals surface area contributed by atoms with E-state index in [0.717, 1.165) is 11.5 Å². The molecule has 2 N–H and O–H groups in total. The molecule has 0 unspecified atom stereocenters. The highest BCUT2D eigenvalue weighted by Gasteiger charge is 2.07. The summed E-state index contributed by atoms with van der Waals surface area (Å²) < 4.78 is 4.57. The fourth-order valence-corrected chi connectivity index (χ4v) is 2.10. The molecule has 1 aromatic rings. The zero-order valence-corrected chi connectivity index (χ0v) is 11.4. The summed E-state index contributed by atoms with van der Waals surface area (Å²) in [4.78, 5) is 10.2. The number of rotatable bonds is 3. The molecule has 1 aliphatic carbocycles. The molecule has 0 aliphatic heterocycles. The number of primary amides is 1. The second-order valence-corrected chi connectivity index (χ2v) is 4.73. The van der Waals surface area contributed by atoms with Gasteiger partial charge in [-0.25, -0.2) is 4.79 Å². The molecule has 104 valence electrons. The average Bonchev–Trinajstić information content (AvgIpc) is 2.48. The highest BCUT2D eigenvalue weighted by Crippen LogP contribution is 2.23. The molecule has 0 aromatic heterocycles. The molecule has 0 heterocycles. The van der Waals surface area contributed by atoms with Crippen LogP contribution in [0.3, 0.4) is 0 Å². The minimum atomic E-state index is -0.742. The van der Waals surface area contributed by atoms with Gasteiger partial charge in [0.2, 0.25) is 0 Å². The molecule has 2 rings (SSSR count). The molecule has 0 saturated heterocycles. The summed E-state index contributed by atoms with van der Waals surface area (Å²) in [5.74, 6) is 0.851. The fraction of sp³-hybridized carbons (Fsp3) is 0.438. The maximum Gasteiger partial charge on any atom is 0.404 e. The molecule has 19 heavy (non-hydrogen) atoms. The van der Waals surface area contributed by atoms with E-state index in [2.05, 4.69) is 17.4 Å². The maximum atomic E-state index is 10.2. The van der Waals surface area contributed by atoms with Gasteiger partial charge in [-0.1, -0.05) is 55.7 Å². The number of benzene rings is 1. The Morgan fingerprint density at radius 2 is 1.89 bits per heavy atom. The lowest BCUT2D eigenvalue weighted by atomic mass is 9.90. The van der Waals surface area contributed by atoms with Crippen molar-refractivity contribution in [2.75, 3.05) is 0 Å². The van der Waals surface area contributed by atoms with Gasteiger partial charge in [-0.15, -0.1) is 6.58 Å². The minimum absolute atomic E-state index is 0.246. The molecule has 1 amide bonds. The van der Waals surface area contributed by atoms with Gasteiger partial charge in [0.15, 0.2) is 0 Å². The summed E-state index contributed by atoms with van der Waals surface area (Å²) in [5, 5.41) is 0. The predicted octanol–water partition coefficient (Wildman–Crippen LogP) is 4.03. The van der Waals surface area contributed by atoms with Crippen LogP contribution < -0.4 is 5.73 Å². The first-order valence-electron chi connectivity index (χ1n) is 6.81. The Morgan fingerprint density at radius 1 is 1.26 bits per heavy atom. The SMILES string of the molecule is C=CC1CCCCC1.NC(=O)OCc1ccccc1. The summed E-state index contributed by atoms with van der Waals surface area (Å²) in [6.07, 6.45) is 8.46. The van der Waals surface area contributed by atoms with Crippen LogP contribution in [0.4, 0.5) is 4.79 Å². The largest absolute Gasteiger partial charge is 0.445 e. The summed E-state index contributed by atoms with van der Waals surface area (Å²) in [6, 6.07) is 9.37. The lowest BCUT2D eigenvalue weighted by Crippen LogP contribution is -2.12. The third-order valence-electron chi connectivity index (χ3n) is 3.21. The van der Waals surface area contributed by atoms with Crippen LogP contribution in [0.25, 0.3) is 0 Å². The standard InChI is InChI=1S/C8H9NO2.C8H14/c9-8(10)11-6-7-4-2-1-3-5-7;1-2-8-6-4-3-5-7-8/h1-5H,6H2,(H2,9,10);2,8H,1,3-7H2. The van der Waals surface area contributed by atoms with Crippen molar-refractivity contribution >= 4 is 6.09 Å². The van der Waals surface area contributed by atoms with E-state index in [0.29, 0.717) is 0 Å². The van der Waals surface area contributed by atoms with Crippen LogP contribution in [0.15, 0.2) is 43.0 Å². The van der Waals surface area contributed by atoms with Gasteiger partial charge >= 0.3 is 6.09 Å². The van der Waals surface area contributed by atoms with Crippen molar-refractivity contribution < 1.29 is 9.53 Å². The summed E-state index contributed by atoms with van der Waals surface area (Å²) in [5.41, 5.74) is 5.72. The lowest BCUT2D eigenvalue weighted by molar-refractivity contribution is 0.150. The van der Waals surface area contributed by atoms with Crippen LogP contribution in [0, 0.1) is 5.92 Å². The quantitative estimate of drug-likeness (QED) is 0.835. The monoisotopic (exact) mass is 261 g/mol. The van der Waals surface area contributed by atoms with E-state index in [-0.39, 0.29) is 6.61 Å². The van der Waals surface area contributed by atoms with Crippen molar-refractivity contribution in [2.45, 2.75) is 38.7 Å². The van der Waals surface area contributed by atoms with E-state index in [9.17, 15) is 4.79 Å². The van der Waals surface area contributed by atoms with E-state index >= 15 is 0 Å². The number of allylic oxidation sites excluding steroid dienone is 1. The predicted molar refractivity (Wildman–Crippen MR) is 77.6 cm³/mol. The van der Waals surface area contributed by atoms with Crippen molar-refractivity contribution in [3.8, 4) is 0 Å². The number of hydrogen-bond donors (Lipinski definition) is 1. The zero-order chi connectivity index (χ0) is 13.9. The van der Waals surface area contributed by atoms with Crippen molar-refractivity contribution in [1.82, 2.24) is 0 Å². The molecule has 0 bridgehead atoms. The first kappa shape index (κ1) is 15.3. The van der Waals surface area contributed by atoms with Gasteiger partial charge in [0, 0.05) is 0 Å². The van der Waals surface area contributed by atoms with Gasteiger partial charge < -0.3 is 10.5 Å². The third kappa shape index (κ3) is 7.29. The summed E-state index contributed by atoms with van der Waals surface area (Å²) >= 11 is 0. The molecular weight excluding hydrogens is 238 g/mol. The van der Waals surface area contributed by atoms with E-state index in [1.807, 2.05) is 30.3 Å². The Bertz CT molecular complexity index is 370. The minimum Gasteiger partial charge on any atom is -0.445 e. The highest BCUT2D eigenvalue weighted by atomic mass is 16.5. The topological polar surface area (TPSA) is 52.3 Å². The van der Waals surface area contributed by atoms with Gasteiger partial charge in [-0.2, -0.15) is 0 Å². The molecule has 0 radical (unpaired) electrons. The van der Waals surface area contributed by atoms with E-state index in [4.69, 9.17) is 5.73 Å². The Balaban J connectivity index is 0.000000200. The van der Waals surface area contributed by atoms with Crippen LogP contribution in [-0.4, -0.2) is 6.09 Å². The smallest absolute Gasteiger partial charge is 0.404 e. The number of hydrogen-bond acceptors (Lipinski definition) is 2. The first-order chi connectivity index (χ1) is 9.22. The van der Waals surface area contributed by atoms with Crippen molar-refractivity contribution in [1.29, 1.82) is 0 Å². The van der Waals surface area contributed by atoms with Crippen LogP contribution >= 0.6 is 0 Å². The van der Waals surface area contributed by atoms with Gasteiger partial charge in [-0.3, -0.25) is 0 Å². The van der Waals surface area contributed by atoms with Crippen LogP contribution in [0.2, 0.25) is 0 Å². The summed E-state index contributed by atoms with van der Waals surface area (Å²) in [7, 11) is 0. The molecule has 1 aromatic carbocycles.